The number of rotatable bonds is 6. The van der Waals surface area contributed by atoms with E-state index in [4.69, 9.17) is 10.5 Å². The summed E-state index contributed by atoms with van der Waals surface area (Å²) in [5.41, 5.74) is 6.72. The van der Waals surface area contributed by atoms with Gasteiger partial charge < -0.3 is 15.8 Å². The number of nitrogens with two attached hydrogens (primary N) is 1. The molecule has 5 heteroatoms. The SMILES string of the molecule is CCCOC1(CNC(=O)c2ccccc2N)CCCCC1.Cl. The predicted molar refractivity (Wildman–Crippen MR) is 92.5 cm³/mol. The molecule has 1 aromatic rings. The highest BCUT2D eigenvalue weighted by Crippen LogP contribution is 2.31. The van der Waals surface area contributed by atoms with Crippen LogP contribution in [0.3, 0.4) is 0 Å². The van der Waals surface area contributed by atoms with E-state index in [9.17, 15) is 4.79 Å². The van der Waals surface area contributed by atoms with Crippen LogP contribution < -0.4 is 11.1 Å². The molecular formula is C17H27ClN2O2. The van der Waals surface area contributed by atoms with Gasteiger partial charge in [-0.05, 0) is 31.4 Å². The zero-order valence-corrected chi connectivity index (χ0v) is 14.1. The van der Waals surface area contributed by atoms with Gasteiger partial charge in [0.25, 0.3) is 5.91 Å². The minimum atomic E-state index is -0.187. The Balaban J connectivity index is 0.00000242. The van der Waals surface area contributed by atoms with Crippen molar-refractivity contribution in [2.24, 2.45) is 0 Å². The topological polar surface area (TPSA) is 64.3 Å². The second kappa shape index (κ2) is 9.01. The van der Waals surface area contributed by atoms with Crippen molar-refractivity contribution in [3.63, 3.8) is 0 Å². The molecular weight excluding hydrogens is 300 g/mol. The van der Waals surface area contributed by atoms with Crippen LogP contribution in [-0.2, 0) is 4.74 Å². The highest BCUT2D eigenvalue weighted by atomic mass is 35.5. The van der Waals surface area contributed by atoms with E-state index >= 15 is 0 Å². The van der Waals surface area contributed by atoms with E-state index in [1.54, 1.807) is 12.1 Å². The minimum Gasteiger partial charge on any atom is -0.398 e. The lowest BCUT2D eigenvalue weighted by Crippen LogP contribution is -2.46. The maximum absolute atomic E-state index is 12.3. The lowest BCUT2D eigenvalue weighted by atomic mass is 9.84. The molecule has 1 amide bonds. The average Bonchev–Trinajstić information content (AvgIpc) is 2.52. The quantitative estimate of drug-likeness (QED) is 0.786. The van der Waals surface area contributed by atoms with Crippen molar-refractivity contribution < 1.29 is 9.53 Å². The average molecular weight is 327 g/mol. The summed E-state index contributed by atoms with van der Waals surface area (Å²) in [4.78, 5) is 12.3. The number of nitrogens with one attached hydrogen (secondary N) is 1. The van der Waals surface area contributed by atoms with Crippen LogP contribution in [0.4, 0.5) is 5.69 Å². The van der Waals surface area contributed by atoms with Crippen molar-refractivity contribution in [3.8, 4) is 0 Å². The first-order chi connectivity index (χ1) is 10.2. The van der Waals surface area contributed by atoms with Gasteiger partial charge in [-0.15, -0.1) is 12.4 Å². The van der Waals surface area contributed by atoms with Crippen molar-refractivity contribution in [1.82, 2.24) is 5.32 Å². The first-order valence-electron chi connectivity index (χ1n) is 7.93. The zero-order chi connectivity index (χ0) is 15.1. The van der Waals surface area contributed by atoms with Crippen molar-refractivity contribution >= 4 is 24.0 Å². The van der Waals surface area contributed by atoms with Gasteiger partial charge in [-0.3, -0.25) is 4.79 Å². The molecule has 4 nitrogen and oxygen atoms in total. The zero-order valence-electron chi connectivity index (χ0n) is 13.3. The molecule has 1 saturated carbocycles. The van der Waals surface area contributed by atoms with Gasteiger partial charge in [0.1, 0.15) is 0 Å². The number of para-hydroxylation sites is 1. The number of carbonyl (C=O) groups is 1. The normalized spacial score (nSPS) is 16.6. The van der Waals surface area contributed by atoms with Gasteiger partial charge in [0, 0.05) is 18.8 Å². The number of ether oxygens (including phenoxy) is 1. The largest absolute Gasteiger partial charge is 0.398 e. The van der Waals surface area contributed by atoms with Crippen molar-refractivity contribution in [2.75, 3.05) is 18.9 Å². The smallest absolute Gasteiger partial charge is 0.253 e. The van der Waals surface area contributed by atoms with Crippen molar-refractivity contribution in [1.29, 1.82) is 0 Å². The molecule has 2 rings (SSSR count). The monoisotopic (exact) mass is 326 g/mol. The fourth-order valence-electron chi connectivity index (χ4n) is 2.93. The molecule has 0 atom stereocenters. The number of carbonyl (C=O) groups excluding carboxylic acids is 1. The minimum absolute atomic E-state index is 0. The number of nitrogen functional groups attached to an aromatic ring is 1. The molecule has 0 spiro atoms. The molecule has 1 aromatic carbocycles. The van der Waals surface area contributed by atoms with Gasteiger partial charge in [-0.2, -0.15) is 0 Å². The Morgan fingerprint density at radius 3 is 2.59 bits per heavy atom. The highest BCUT2D eigenvalue weighted by molar-refractivity contribution is 5.99. The number of hydrogen-bond donors (Lipinski definition) is 2. The lowest BCUT2D eigenvalue weighted by molar-refractivity contribution is -0.0669. The molecule has 0 heterocycles. The Bertz CT molecular complexity index is 473. The molecule has 0 saturated heterocycles. The van der Waals surface area contributed by atoms with Crippen LogP contribution in [0.1, 0.15) is 55.8 Å². The van der Waals surface area contributed by atoms with Crippen LogP contribution >= 0.6 is 12.4 Å². The summed E-state index contributed by atoms with van der Waals surface area (Å²) in [5.74, 6) is -0.113. The third-order valence-corrected chi connectivity index (χ3v) is 4.15. The number of amides is 1. The molecule has 0 bridgehead atoms. The van der Waals surface area contributed by atoms with Gasteiger partial charge in [0.05, 0.1) is 11.2 Å². The second-order valence-corrected chi connectivity index (χ2v) is 5.86. The summed E-state index contributed by atoms with van der Waals surface area (Å²) in [7, 11) is 0. The fourth-order valence-corrected chi connectivity index (χ4v) is 2.93. The van der Waals surface area contributed by atoms with E-state index in [1.807, 2.05) is 12.1 Å². The van der Waals surface area contributed by atoms with E-state index in [-0.39, 0.29) is 23.9 Å². The van der Waals surface area contributed by atoms with E-state index in [0.717, 1.165) is 25.9 Å². The summed E-state index contributed by atoms with van der Waals surface area (Å²) in [5, 5.41) is 3.02. The fraction of sp³-hybridized carbons (Fsp3) is 0.588. The first kappa shape index (κ1) is 18.8. The van der Waals surface area contributed by atoms with Crippen LogP contribution in [0.2, 0.25) is 0 Å². The Morgan fingerprint density at radius 1 is 1.27 bits per heavy atom. The van der Waals surface area contributed by atoms with Gasteiger partial charge in [0.2, 0.25) is 0 Å². The Hall–Kier alpha value is -1.26. The summed E-state index contributed by atoms with van der Waals surface area (Å²) < 4.78 is 6.09. The van der Waals surface area contributed by atoms with Gasteiger partial charge in [0.15, 0.2) is 0 Å². The highest BCUT2D eigenvalue weighted by Gasteiger charge is 2.33. The number of benzene rings is 1. The van der Waals surface area contributed by atoms with Gasteiger partial charge in [-0.25, -0.2) is 0 Å². The summed E-state index contributed by atoms with van der Waals surface area (Å²) in [6.45, 7) is 3.43. The lowest BCUT2D eigenvalue weighted by Gasteiger charge is -2.37. The van der Waals surface area contributed by atoms with E-state index in [1.165, 1.54) is 19.3 Å². The molecule has 0 radical (unpaired) electrons. The summed E-state index contributed by atoms with van der Waals surface area (Å²) >= 11 is 0. The molecule has 0 aromatic heterocycles. The molecule has 1 aliphatic rings. The first-order valence-corrected chi connectivity index (χ1v) is 7.93. The summed E-state index contributed by atoms with van der Waals surface area (Å²) in [6, 6.07) is 7.16. The van der Waals surface area contributed by atoms with Crippen LogP contribution in [0.25, 0.3) is 0 Å². The van der Waals surface area contributed by atoms with Crippen LogP contribution in [0, 0.1) is 0 Å². The third kappa shape index (κ3) is 4.89. The Kier molecular flexibility index (Phi) is 7.69. The number of hydrogen-bond acceptors (Lipinski definition) is 3. The standard InChI is InChI=1S/C17H26N2O2.ClH/c1-2-12-21-17(10-6-3-7-11-17)13-19-16(20)14-8-4-5-9-15(14)18;/h4-5,8-9H,2-3,6-7,10-13,18H2,1H3,(H,19,20);1H. The molecule has 22 heavy (non-hydrogen) atoms. The van der Waals surface area contributed by atoms with Crippen molar-refractivity contribution in [3.05, 3.63) is 29.8 Å². The molecule has 1 aliphatic carbocycles. The van der Waals surface area contributed by atoms with Crippen LogP contribution in [0.15, 0.2) is 24.3 Å². The maximum Gasteiger partial charge on any atom is 0.253 e. The molecule has 0 unspecified atom stereocenters. The molecule has 1 fully saturated rings. The number of halogens is 1. The van der Waals surface area contributed by atoms with E-state index in [2.05, 4.69) is 12.2 Å². The maximum atomic E-state index is 12.3. The van der Waals surface area contributed by atoms with Crippen molar-refractivity contribution in [2.45, 2.75) is 51.0 Å². The predicted octanol–water partition coefficient (Wildman–Crippen LogP) is 3.55. The third-order valence-electron chi connectivity index (χ3n) is 4.15. The molecule has 3 N–H and O–H groups in total. The number of anilines is 1. The summed E-state index contributed by atoms with van der Waals surface area (Å²) in [6.07, 6.45) is 6.66. The molecule has 124 valence electrons. The van der Waals surface area contributed by atoms with Crippen LogP contribution in [-0.4, -0.2) is 24.7 Å². The van der Waals surface area contributed by atoms with Gasteiger partial charge >= 0.3 is 0 Å². The molecule has 0 aliphatic heterocycles. The van der Waals surface area contributed by atoms with E-state index in [0.29, 0.717) is 17.8 Å². The Morgan fingerprint density at radius 2 is 1.95 bits per heavy atom. The van der Waals surface area contributed by atoms with E-state index < -0.39 is 0 Å². The second-order valence-electron chi connectivity index (χ2n) is 5.86. The Labute approximate surface area is 139 Å². The van der Waals surface area contributed by atoms with Gasteiger partial charge in [-0.1, -0.05) is 38.3 Å². The van der Waals surface area contributed by atoms with Crippen LogP contribution in [0.5, 0.6) is 0 Å².